The Kier molecular flexibility index (Phi) is 32.9. The third-order valence-electron chi connectivity index (χ3n) is 7.42. The van der Waals surface area contributed by atoms with Crippen LogP contribution < -0.4 is 9.05 Å². The second-order valence-electron chi connectivity index (χ2n) is 11.7. The summed E-state index contributed by atoms with van der Waals surface area (Å²) in [5, 5.41) is 0. The van der Waals surface area contributed by atoms with Crippen molar-refractivity contribution in [2.75, 3.05) is 13.2 Å². The molecule has 4 nitrogen and oxygen atoms in total. The average Bonchev–Trinajstić information content (AvgIpc) is 3.03. The van der Waals surface area contributed by atoms with Crippen LogP contribution in [-0.4, -0.2) is 13.2 Å². The van der Waals surface area contributed by atoms with Gasteiger partial charge in [-0.1, -0.05) is 189 Å². The molecule has 0 saturated heterocycles. The van der Waals surface area contributed by atoms with Gasteiger partial charge in [-0.05, 0) is 37.1 Å². The minimum absolute atomic E-state index is 0. The van der Waals surface area contributed by atoms with Crippen molar-refractivity contribution in [1.82, 2.24) is 0 Å². The van der Waals surface area contributed by atoms with Gasteiger partial charge in [-0.25, -0.2) is 0 Å². The van der Waals surface area contributed by atoms with Gasteiger partial charge in [0, 0.05) is 0 Å². The van der Waals surface area contributed by atoms with Crippen LogP contribution in [0, 0.1) is 0 Å². The summed E-state index contributed by atoms with van der Waals surface area (Å²) in [6.07, 6.45) is 26.1. The van der Waals surface area contributed by atoms with E-state index in [1.54, 1.807) is 0 Å². The van der Waals surface area contributed by atoms with Crippen molar-refractivity contribution < 1.29 is 37.6 Å². The minimum atomic E-state index is -2.57. The van der Waals surface area contributed by atoms with Gasteiger partial charge in [-0.3, -0.25) is 0 Å². The molecule has 2 atom stereocenters. The predicted octanol–water partition coefficient (Wildman–Crippen LogP) is 13.5. The summed E-state index contributed by atoms with van der Waals surface area (Å²) < 4.78 is 22.5. The van der Waals surface area contributed by atoms with E-state index in [-0.39, 0.29) is 19.5 Å². The first-order valence-electron chi connectivity index (χ1n) is 17.7. The average molecular weight is 812 g/mol. The number of unbranched alkanes of at least 4 members (excludes halogenated alkanes) is 18. The Bertz CT molecular complexity index is 970. The first kappa shape index (κ1) is 47.6. The molecule has 0 aliphatic rings. The van der Waals surface area contributed by atoms with Crippen molar-refractivity contribution in [3.05, 3.63) is 60.7 Å². The van der Waals surface area contributed by atoms with E-state index >= 15 is 0 Å². The van der Waals surface area contributed by atoms with Crippen LogP contribution in [0.5, 0.6) is 11.5 Å². The second-order valence-corrected chi connectivity index (χ2v) is 21.6. The maximum Gasteiger partial charge on any atom is 2.00 e. The predicted molar refractivity (Wildman–Crippen MR) is 213 cm³/mol. The maximum atomic E-state index is 5.62. The zero-order valence-electron chi connectivity index (χ0n) is 29.2. The fourth-order valence-electron chi connectivity index (χ4n) is 4.81. The summed E-state index contributed by atoms with van der Waals surface area (Å²) in [6.45, 7) is 5.75. The molecule has 0 aliphatic carbocycles. The summed E-state index contributed by atoms with van der Waals surface area (Å²) in [7, 11) is 0. The van der Waals surface area contributed by atoms with Gasteiger partial charge >= 0.3 is 19.5 Å². The quantitative estimate of drug-likeness (QED) is 0.0364. The zero-order chi connectivity index (χ0) is 33.6. The van der Waals surface area contributed by atoms with Gasteiger partial charge < -0.3 is 42.6 Å². The van der Waals surface area contributed by atoms with Gasteiger partial charge in [0.25, 0.3) is 0 Å². The molecule has 47 heavy (non-hydrogen) atoms. The summed E-state index contributed by atoms with van der Waals surface area (Å²) in [5.74, 6) is 1.41. The summed E-state index contributed by atoms with van der Waals surface area (Å²) >= 11 is 21.1. The number of rotatable bonds is 28. The van der Waals surface area contributed by atoms with E-state index in [2.05, 4.69) is 13.8 Å². The summed E-state index contributed by atoms with van der Waals surface area (Å²) in [4.78, 5) is 0. The SMILES string of the molecule is CCCCCCCCCCCCOP(=S)([S-])Oc1ccccc1.CCCCCCCCCCCCOP(=S)([S-])Oc1ccccc1.[Zn+2]. The molecule has 0 heterocycles. The van der Waals surface area contributed by atoms with E-state index in [4.69, 9.17) is 66.2 Å². The van der Waals surface area contributed by atoms with Crippen LogP contribution in [0.4, 0.5) is 0 Å². The smallest absolute Gasteiger partial charge is 0.678 e. The first-order valence-corrected chi connectivity index (χ1v) is 25.0. The molecule has 0 saturated carbocycles. The van der Waals surface area contributed by atoms with Gasteiger partial charge in [-0.15, -0.1) is 0 Å². The third-order valence-corrected chi connectivity index (χ3v) is 11.4. The van der Waals surface area contributed by atoms with Crippen molar-refractivity contribution >= 4 is 59.5 Å². The van der Waals surface area contributed by atoms with Crippen LogP contribution in [0.25, 0.3) is 0 Å². The molecular weight excluding hydrogens is 752 g/mol. The Morgan fingerprint density at radius 3 is 0.979 bits per heavy atom. The van der Waals surface area contributed by atoms with Crippen molar-refractivity contribution in [3.8, 4) is 11.5 Å². The van der Waals surface area contributed by atoms with Crippen molar-refractivity contribution in [3.63, 3.8) is 0 Å². The van der Waals surface area contributed by atoms with Gasteiger partial charge in [0.15, 0.2) is 0 Å². The van der Waals surface area contributed by atoms with Gasteiger partial charge in [-0.2, -0.15) is 0 Å². The van der Waals surface area contributed by atoms with Gasteiger partial charge in [0.1, 0.15) is 22.9 Å². The van der Waals surface area contributed by atoms with Crippen LogP contribution in [-0.2, 0) is 76.6 Å². The third kappa shape index (κ3) is 31.1. The Morgan fingerprint density at radius 1 is 0.447 bits per heavy atom. The molecular formula is C36H60O4P2S4Zn. The Morgan fingerprint density at radius 2 is 0.702 bits per heavy atom. The van der Waals surface area contributed by atoms with Crippen LogP contribution in [0.3, 0.4) is 0 Å². The van der Waals surface area contributed by atoms with Crippen LogP contribution in [0.1, 0.15) is 142 Å². The van der Waals surface area contributed by atoms with E-state index in [0.717, 1.165) is 12.8 Å². The van der Waals surface area contributed by atoms with Crippen molar-refractivity contribution in [1.29, 1.82) is 0 Å². The molecule has 2 aromatic rings. The molecule has 264 valence electrons. The Hall–Kier alpha value is 0.583. The molecule has 0 N–H and O–H groups in total. The maximum absolute atomic E-state index is 5.62. The number of hydrogen-bond acceptors (Lipinski definition) is 8. The molecule has 2 aromatic carbocycles. The number of benzene rings is 2. The fourth-order valence-corrected chi connectivity index (χ4v) is 8.30. The van der Waals surface area contributed by atoms with E-state index in [0.29, 0.717) is 24.7 Å². The van der Waals surface area contributed by atoms with E-state index < -0.39 is 11.4 Å². The minimum Gasteiger partial charge on any atom is -0.678 e. The standard InChI is InChI=1S/2C18H31O2PS2.Zn/c2*1-2-3-4-5-6-7-8-9-10-14-17-19-21(22,23)20-18-15-12-11-13-16-18;/h2*11-13,15-16H,2-10,14,17H2,1H3,(H,22,23);/q;;+2/p-2. The molecule has 2 rings (SSSR count). The van der Waals surface area contributed by atoms with Gasteiger partial charge in [0.05, 0.1) is 13.2 Å². The van der Waals surface area contributed by atoms with Crippen LogP contribution in [0.2, 0.25) is 0 Å². The molecule has 0 bridgehead atoms. The zero-order valence-corrected chi connectivity index (χ0v) is 37.2. The molecule has 0 amide bonds. The second kappa shape index (κ2) is 32.5. The molecule has 0 spiro atoms. The van der Waals surface area contributed by atoms with E-state index in [9.17, 15) is 0 Å². The first-order chi connectivity index (χ1) is 22.3. The number of para-hydroxylation sites is 2. The van der Waals surface area contributed by atoms with Crippen LogP contribution >= 0.6 is 11.4 Å². The van der Waals surface area contributed by atoms with Crippen LogP contribution in [0.15, 0.2) is 60.7 Å². The molecule has 0 radical (unpaired) electrons. The van der Waals surface area contributed by atoms with E-state index in [1.165, 1.54) is 116 Å². The molecule has 0 fully saturated rings. The summed E-state index contributed by atoms with van der Waals surface area (Å²) in [6, 6.07) is 18.9. The topological polar surface area (TPSA) is 36.9 Å². The summed E-state index contributed by atoms with van der Waals surface area (Å²) in [5.41, 5.74) is -5.15. The normalized spacial score (nSPS) is 13.4. The van der Waals surface area contributed by atoms with E-state index in [1.807, 2.05) is 60.7 Å². The molecule has 11 heteroatoms. The van der Waals surface area contributed by atoms with Crippen molar-refractivity contribution in [2.24, 2.45) is 0 Å². The molecule has 0 aliphatic heterocycles. The van der Waals surface area contributed by atoms with Crippen molar-refractivity contribution in [2.45, 2.75) is 142 Å². The monoisotopic (exact) mass is 810 g/mol. The number of hydrogen-bond donors (Lipinski definition) is 0. The largest absolute Gasteiger partial charge is 2.00 e. The fraction of sp³-hybridized carbons (Fsp3) is 0.667. The molecule has 2 unspecified atom stereocenters. The Balaban J connectivity index is 0.000000882. The van der Waals surface area contributed by atoms with Gasteiger partial charge in [0.2, 0.25) is 0 Å². The molecule has 0 aromatic heterocycles. The Labute approximate surface area is 322 Å².